The molecule has 3 rings (SSSR count). The molecule has 1 aromatic heterocycles. The molecular formula is C22H28N4O5. The highest BCUT2D eigenvalue weighted by atomic mass is 16.6. The number of alkyl carbamates (subject to hydrolysis) is 1. The Morgan fingerprint density at radius 2 is 1.87 bits per heavy atom. The van der Waals surface area contributed by atoms with Crippen molar-refractivity contribution in [2.75, 3.05) is 19.7 Å². The quantitative estimate of drug-likeness (QED) is 0.734. The van der Waals surface area contributed by atoms with Gasteiger partial charge < -0.3 is 19.7 Å². The van der Waals surface area contributed by atoms with Gasteiger partial charge in [-0.2, -0.15) is 5.10 Å². The van der Waals surface area contributed by atoms with E-state index in [1.165, 1.54) is 0 Å². The van der Waals surface area contributed by atoms with E-state index in [9.17, 15) is 14.4 Å². The Morgan fingerprint density at radius 3 is 2.52 bits per heavy atom. The Balaban J connectivity index is 1.79. The van der Waals surface area contributed by atoms with Crippen molar-refractivity contribution >= 4 is 18.0 Å². The molecule has 9 nitrogen and oxygen atoms in total. The molecule has 0 unspecified atom stereocenters. The average Bonchev–Trinajstić information content (AvgIpc) is 3.10. The maximum atomic E-state index is 12.7. The highest BCUT2D eigenvalue weighted by molar-refractivity contribution is 5.90. The van der Waals surface area contributed by atoms with Gasteiger partial charge in [-0.3, -0.25) is 4.79 Å². The van der Waals surface area contributed by atoms with E-state index >= 15 is 0 Å². The number of nitrogens with zero attached hydrogens (tertiary/aromatic N) is 3. The van der Waals surface area contributed by atoms with Gasteiger partial charge in [0.2, 0.25) is 5.91 Å². The number of rotatable bonds is 5. The molecule has 2 heterocycles. The Labute approximate surface area is 181 Å². The number of hydrogen-bond donors (Lipinski definition) is 1. The van der Waals surface area contributed by atoms with Crippen molar-refractivity contribution in [2.24, 2.45) is 0 Å². The van der Waals surface area contributed by atoms with Gasteiger partial charge in [0.05, 0.1) is 18.0 Å². The summed E-state index contributed by atoms with van der Waals surface area (Å²) in [6.45, 7) is 7.69. The first-order chi connectivity index (χ1) is 14.7. The lowest BCUT2D eigenvalue weighted by molar-refractivity contribution is -0.131. The number of para-hydroxylation sites is 1. The second-order valence-corrected chi connectivity index (χ2v) is 8.16. The summed E-state index contributed by atoms with van der Waals surface area (Å²) >= 11 is 0. The zero-order valence-electron chi connectivity index (χ0n) is 18.3. The Hall–Kier alpha value is -3.36. The molecule has 2 amide bonds. The summed E-state index contributed by atoms with van der Waals surface area (Å²) in [5.41, 5.74) is 1.94. The first-order valence-electron chi connectivity index (χ1n) is 10.3. The molecule has 31 heavy (non-hydrogen) atoms. The molecule has 0 saturated heterocycles. The van der Waals surface area contributed by atoms with Crippen LogP contribution >= 0.6 is 0 Å². The van der Waals surface area contributed by atoms with E-state index in [2.05, 4.69) is 10.4 Å². The maximum absolute atomic E-state index is 12.7. The largest absolute Gasteiger partial charge is 0.461 e. The predicted molar refractivity (Wildman–Crippen MR) is 113 cm³/mol. The van der Waals surface area contributed by atoms with Crippen molar-refractivity contribution in [1.82, 2.24) is 20.0 Å². The third-order valence-corrected chi connectivity index (χ3v) is 4.66. The summed E-state index contributed by atoms with van der Waals surface area (Å²) in [5, 5.41) is 6.99. The van der Waals surface area contributed by atoms with Gasteiger partial charge in [-0.25, -0.2) is 14.3 Å². The fourth-order valence-corrected chi connectivity index (χ4v) is 3.35. The van der Waals surface area contributed by atoms with Gasteiger partial charge in [0.15, 0.2) is 5.69 Å². The van der Waals surface area contributed by atoms with E-state index in [0.29, 0.717) is 18.5 Å². The summed E-state index contributed by atoms with van der Waals surface area (Å²) < 4.78 is 12.1. The van der Waals surface area contributed by atoms with Gasteiger partial charge in [-0.1, -0.05) is 18.2 Å². The van der Waals surface area contributed by atoms with Crippen LogP contribution in [0.5, 0.6) is 0 Å². The zero-order chi connectivity index (χ0) is 22.6. The van der Waals surface area contributed by atoms with Crippen molar-refractivity contribution in [2.45, 2.75) is 46.3 Å². The Bertz CT molecular complexity index is 962. The highest BCUT2D eigenvalue weighted by Gasteiger charge is 2.31. The van der Waals surface area contributed by atoms with E-state index in [0.717, 1.165) is 11.4 Å². The topological polar surface area (TPSA) is 103 Å². The fraction of sp³-hybridized carbons (Fsp3) is 0.455. The predicted octanol–water partition coefficient (Wildman–Crippen LogP) is 2.46. The minimum absolute atomic E-state index is 0.189. The van der Waals surface area contributed by atoms with Crippen molar-refractivity contribution in [3.63, 3.8) is 0 Å². The van der Waals surface area contributed by atoms with Crippen LogP contribution in [0.4, 0.5) is 4.79 Å². The summed E-state index contributed by atoms with van der Waals surface area (Å²) in [6, 6.07) is 9.52. The molecule has 1 N–H and O–H groups in total. The monoisotopic (exact) mass is 428 g/mol. The molecule has 1 aromatic carbocycles. The van der Waals surface area contributed by atoms with E-state index in [1.54, 1.807) is 37.3 Å². The first-order valence-corrected chi connectivity index (χ1v) is 10.3. The van der Waals surface area contributed by atoms with E-state index in [4.69, 9.17) is 9.47 Å². The number of carbonyl (C=O) groups is 3. The van der Waals surface area contributed by atoms with E-state index < -0.39 is 17.7 Å². The van der Waals surface area contributed by atoms with Gasteiger partial charge in [-0.15, -0.1) is 0 Å². The fourth-order valence-electron chi connectivity index (χ4n) is 3.35. The highest BCUT2D eigenvalue weighted by Crippen LogP contribution is 2.26. The van der Waals surface area contributed by atoms with Crippen LogP contribution in [0.25, 0.3) is 5.69 Å². The summed E-state index contributed by atoms with van der Waals surface area (Å²) in [7, 11) is 0. The van der Waals surface area contributed by atoms with Crippen LogP contribution in [-0.4, -0.2) is 57.9 Å². The molecule has 0 fully saturated rings. The second kappa shape index (κ2) is 9.20. The van der Waals surface area contributed by atoms with Gasteiger partial charge in [0, 0.05) is 25.1 Å². The third-order valence-electron chi connectivity index (χ3n) is 4.66. The number of ether oxygens (including phenoxy) is 2. The van der Waals surface area contributed by atoms with Crippen LogP contribution in [-0.2, 0) is 27.2 Å². The molecule has 0 bridgehead atoms. The molecule has 2 aromatic rings. The summed E-state index contributed by atoms with van der Waals surface area (Å²) in [4.78, 5) is 38.6. The normalized spacial score (nSPS) is 13.4. The summed E-state index contributed by atoms with van der Waals surface area (Å²) in [6.07, 6.45) is -0.128. The minimum atomic E-state index is -0.650. The average molecular weight is 428 g/mol. The molecule has 0 saturated carbocycles. The minimum Gasteiger partial charge on any atom is -0.461 e. The van der Waals surface area contributed by atoms with Crippen LogP contribution in [0.1, 0.15) is 49.4 Å². The molecule has 1 aliphatic heterocycles. The second-order valence-electron chi connectivity index (χ2n) is 8.16. The smallest absolute Gasteiger partial charge is 0.408 e. The van der Waals surface area contributed by atoms with Crippen LogP contribution < -0.4 is 5.32 Å². The SMILES string of the molecule is CCOC(=O)c1nn(-c2ccccc2)c2c1CN(C(=O)CNC(=O)OC(C)(C)C)CC2. The van der Waals surface area contributed by atoms with Gasteiger partial charge in [0.25, 0.3) is 0 Å². The molecule has 0 atom stereocenters. The van der Waals surface area contributed by atoms with Crippen LogP contribution in [0, 0.1) is 0 Å². The Morgan fingerprint density at radius 1 is 1.16 bits per heavy atom. The van der Waals surface area contributed by atoms with Gasteiger partial charge in [-0.05, 0) is 39.8 Å². The number of esters is 1. The molecule has 0 aliphatic carbocycles. The number of benzene rings is 1. The number of hydrogen-bond acceptors (Lipinski definition) is 6. The first kappa shape index (κ1) is 22.3. The molecular weight excluding hydrogens is 400 g/mol. The van der Waals surface area contributed by atoms with E-state index in [-0.39, 0.29) is 31.3 Å². The molecule has 1 aliphatic rings. The number of amides is 2. The number of carbonyl (C=O) groups excluding carboxylic acids is 3. The zero-order valence-corrected chi connectivity index (χ0v) is 18.3. The van der Waals surface area contributed by atoms with Gasteiger partial charge >= 0.3 is 12.1 Å². The van der Waals surface area contributed by atoms with E-state index in [1.807, 2.05) is 30.3 Å². The standard InChI is InChI=1S/C22H28N4O5/c1-5-30-20(28)19-16-14-25(18(27)13-23-21(29)31-22(2,3)4)12-11-17(16)26(24-19)15-9-7-6-8-10-15/h6-10H,5,11-14H2,1-4H3,(H,23,29). The van der Waals surface area contributed by atoms with Crippen LogP contribution in [0.15, 0.2) is 30.3 Å². The lowest BCUT2D eigenvalue weighted by Gasteiger charge is -2.28. The lowest BCUT2D eigenvalue weighted by atomic mass is 10.0. The van der Waals surface area contributed by atoms with Gasteiger partial charge in [0.1, 0.15) is 12.1 Å². The van der Waals surface area contributed by atoms with Crippen molar-refractivity contribution in [1.29, 1.82) is 0 Å². The molecule has 9 heteroatoms. The van der Waals surface area contributed by atoms with Crippen LogP contribution in [0.3, 0.4) is 0 Å². The molecule has 0 spiro atoms. The third kappa shape index (κ3) is 5.42. The Kier molecular flexibility index (Phi) is 6.62. The van der Waals surface area contributed by atoms with Crippen molar-refractivity contribution < 1.29 is 23.9 Å². The number of aromatic nitrogens is 2. The molecule has 166 valence electrons. The van der Waals surface area contributed by atoms with Crippen molar-refractivity contribution in [3.8, 4) is 5.69 Å². The summed E-state index contributed by atoms with van der Waals surface area (Å²) in [5.74, 6) is -0.784. The molecule has 0 radical (unpaired) electrons. The number of fused-ring (bicyclic) bond motifs is 1. The number of nitrogens with one attached hydrogen (secondary N) is 1. The lowest BCUT2D eigenvalue weighted by Crippen LogP contribution is -2.44. The van der Waals surface area contributed by atoms with Crippen LogP contribution in [0.2, 0.25) is 0 Å². The maximum Gasteiger partial charge on any atom is 0.408 e. The van der Waals surface area contributed by atoms with Crippen molar-refractivity contribution in [3.05, 3.63) is 47.3 Å².